The summed E-state index contributed by atoms with van der Waals surface area (Å²) < 4.78 is 35.6. The molecule has 134 valence electrons. The molecule has 3 unspecified atom stereocenters. The quantitative estimate of drug-likeness (QED) is 0.838. The van der Waals surface area contributed by atoms with Gasteiger partial charge in [0.15, 0.2) is 0 Å². The molecule has 3 atom stereocenters. The van der Waals surface area contributed by atoms with Crippen molar-refractivity contribution >= 4 is 10.0 Å². The Kier molecular flexibility index (Phi) is 4.17. The van der Waals surface area contributed by atoms with E-state index in [9.17, 15) is 8.42 Å². The van der Waals surface area contributed by atoms with Crippen LogP contribution < -0.4 is 0 Å². The molecular formula is C18H23N3O3S. The molecule has 1 aromatic carbocycles. The monoisotopic (exact) mass is 361 g/mol. The summed E-state index contributed by atoms with van der Waals surface area (Å²) in [5, 5.41) is 4.22. The Hall–Kier alpha value is -1.70. The second kappa shape index (κ2) is 6.23. The Morgan fingerprint density at radius 3 is 2.68 bits per heavy atom. The SMILES string of the molecule is Cc1nn(C)cc1S(=O)(=O)N1CC(c2ccccc2)C2COCCC21. The largest absolute Gasteiger partial charge is 0.381 e. The molecule has 0 amide bonds. The summed E-state index contributed by atoms with van der Waals surface area (Å²) in [6.07, 6.45) is 2.35. The molecule has 4 rings (SSSR count). The van der Waals surface area contributed by atoms with Gasteiger partial charge in [-0.15, -0.1) is 0 Å². The Balaban J connectivity index is 1.73. The van der Waals surface area contributed by atoms with Crippen LogP contribution in [-0.2, 0) is 21.8 Å². The number of ether oxygens (including phenoxy) is 1. The molecule has 2 aromatic rings. The van der Waals surface area contributed by atoms with E-state index in [2.05, 4.69) is 17.2 Å². The standard InChI is InChI=1S/C18H23N3O3S/c1-13-18(11-20(2)19-13)25(22,23)21-10-15(14-6-4-3-5-7-14)16-12-24-9-8-17(16)21/h3-7,11,15-17H,8-10,12H2,1-2H3. The lowest BCUT2D eigenvalue weighted by molar-refractivity contribution is 0.0323. The molecule has 1 aromatic heterocycles. The number of nitrogens with zero attached hydrogens (tertiary/aromatic N) is 3. The van der Waals surface area contributed by atoms with Gasteiger partial charge in [0.25, 0.3) is 0 Å². The van der Waals surface area contributed by atoms with Gasteiger partial charge in [-0.05, 0) is 18.9 Å². The van der Waals surface area contributed by atoms with E-state index in [0.717, 1.165) is 6.42 Å². The molecule has 0 spiro atoms. The Morgan fingerprint density at radius 1 is 1.24 bits per heavy atom. The summed E-state index contributed by atoms with van der Waals surface area (Å²) in [5.74, 6) is 0.362. The molecule has 0 saturated carbocycles. The number of rotatable bonds is 3. The van der Waals surface area contributed by atoms with Gasteiger partial charge in [-0.1, -0.05) is 30.3 Å². The Morgan fingerprint density at radius 2 is 2.00 bits per heavy atom. The van der Waals surface area contributed by atoms with E-state index in [1.54, 1.807) is 29.2 Å². The Labute approximate surface area is 148 Å². The average Bonchev–Trinajstić information content (AvgIpc) is 3.16. The molecule has 2 aliphatic rings. The van der Waals surface area contributed by atoms with Gasteiger partial charge in [0.05, 0.1) is 12.3 Å². The number of hydrogen-bond donors (Lipinski definition) is 0. The minimum absolute atomic E-state index is 0.0106. The van der Waals surface area contributed by atoms with Crippen LogP contribution in [0.15, 0.2) is 41.4 Å². The summed E-state index contributed by atoms with van der Waals surface area (Å²) >= 11 is 0. The first kappa shape index (κ1) is 16.8. The number of benzene rings is 1. The second-order valence-corrected chi connectivity index (χ2v) is 8.80. The lowest BCUT2D eigenvalue weighted by Gasteiger charge is -2.31. The van der Waals surface area contributed by atoms with Gasteiger partial charge in [0.2, 0.25) is 10.0 Å². The van der Waals surface area contributed by atoms with Crippen molar-refractivity contribution in [2.24, 2.45) is 13.0 Å². The van der Waals surface area contributed by atoms with E-state index >= 15 is 0 Å². The van der Waals surface area contributed by atoms with Crippen molar-refractivity contribution in [2.75, 3.05) is 19.8 Å². The second-order valence-electron chi connectivity index (χ2n) is 6.94. The summed E-state index contributed by atoms with van der Waals surface area (Å²) in [6.45, 7) is 3.47. The van der Waals surface area contributed by atoms with Crippen LogP contribution in [0.2, 0.25) is 0 Å². The predicted molar refractivity (Wildman–Crippen MR) is 93.7 cm³/mol. The van der Waals surface area contributed by atoms with Gasteiger partial charge < -0.3 is 4.74 Å². The maximum Gasteiger partial charge on any atom is 0.246 e. The normalized spacial score (nSPS) is 27.4. The van der Waals surface area contributed by atoms with Crippen LogP contribution in [0.5, 0.6) is 0 Å². The van der Waals surface area contributed by atoms with Gasteiger partial charge in [-0.25, -0.2) is 8.42 Å². The zero-order valence-electron chi connectivity index (χ0n) is 14.5. The molecule has 6 nitrogen and oxygen atoms in total. The van der Waals surface area contributed by atoms with E-state index in [1.165, 1.54) is 5.56 Å². The first-order valence-electron chi connectivity index (χ1n) is 8.63. The van der Waals surface area contributed by atoms with E-state index in [4.69, 9.17) is 4.74 Å². The zero-order chi connectivity index (χ0) is 17.6. The van der Waals surface area contributed by atoms with E-state index in [1.807, 2.05) is 18.2 Å². The molecule has 0 aliphatic carbocycles. The number of hydrogen-bond acceptors (Lipinski definition) is 4. The first-order chi connectivity index (χ1) is 12.0. The minimum Gasteiger partial charge on any atom is -0.381 e. The van der Waals surface area contributed by atoms with Crippen LogP contribution in [0, 0.1) is 12.8 Å². The highest BCUT2D eigenvalue weighted by atomic mass is 32.2. The lowest BCUT2D eigenvalue weighted by atomic mass is 9.84. The number of aryl methyl sites for hydroxylation is 2. The van der Waals surface area contributed by atoms with Crippen LogP contribution in [-0.4, -0.2) is 48.3 Å². The molecule has 2 saturated heterocycles. The van der Waals surface area contributed by atoms with E-state index in [-0.39, 0.29) is 17.9 Å². The molecule has 7 heteroatoms. The summed E-state index contributed by atoms with van der Waals surface area (Å²) in [5.41, 5.74) is 1.73. The maximum absolute atomic E-state index is 13.3. The van der Waals surface area contributed by atoms with Gasteiger partial charge in [-0.2, -0.15) is 9.40 Å². The summed E-state index contributed by atoms with van der Waals surface area (Å²) in [4.78, 5) is 0.314. The number of fused-ring (bicyclic) bond motifs is 1. The van der Waals surface area contributed by atoms with Crippen LogP contribution in [0.25, 0.3) is 0 Å². The van der Waals surface area contributed by atoms with Crippen molar-refractivity contribution in [1.29, 1.82) is 0 Å². The molecular weight excluding hydrogens is 338 g/mol. The molecule has 25 heavy (non-hydrogen) atoms. The van der Waals surface area contributed by atoms with Crippen molar-refractivity contribution in [3.05, 3.63) is 47.8 Å². The highest BCUT2D eigenvalue weighted by molar-refractivity contribution is 7.89. The van der Waals surface area contributed by atoms with Crippen LogP contribution >= 0.6 is 0 Å². The fraction of sp³-hybridized carbons (Fsp3) is 0.500. The van der Waals surface area contributed by atoms with Crippen molar-refractivity contribution < 1.29 is 13.2 Å². The maximum atomic E-state index is 13.3. The fourth-order valence-electron chi connectivity index (χ4n) is 4.24. The summed E-state index contributed by atoms with van der Waals surface area (Å²) in [7, 11) is -1.82. The smallest absolute Gasteiger partial charge is 0.246 e. The topological polar surface area (TPSA) is 64.4 Å². The third kappa shape index (κ3) is 2.80. The molecule has 2 fully saturated rings. The van der Waals surface area contributed by atoms with Gasteiger partial charge >= 0.3 is 0 Å². The minimum atomic E-state index is -3.57. The van der Waals surface area contributed by atoms with Gasteiger partial charge in [0, 0.05) is 44.3 Å². The van der Waals surface area contributed by atoms with Crippen molar-refractivity contribution in [2.45, 2.75) is 30.2 Å². The average molecular weight is 361 g/mol. The van der Waals surface area contributed by atoms with Crippen molar-refractivity contribution in [1.82, 2.24) is 14.1 Å². The highest BCUT2D eigenvalue weighted by Gasteiger charge is 2.49. The van der Waals surface area contributed by atoms with Crippen molar-refractivity contribution in [3.63, 3.8) is 0 Å². The molecule has 0 bridgehead atoms. The van der Waals surface area contributed by atoms with Gasteiger partial charge in [0.1, 0.15) is 4.90 Å². The third-order valence-corrected chi connectivity index (χ3v) is 7.40. The van der Waals surface area contributed by atoms with E-state index < -0.39 is 10.0 Å². The number of aromatic nitrogens is 2. The third-order valence-electron chi connectivity index (χ3n) is 5.41. The fourth-order valence-corrected chi connectivity index (χ4v) is 6.17. The lowest BCUT2D eigenvalue weighted by Crippen LogP contribution is -2.42. The molecule has 0 radical (unpaired) electrons. The Bertz CT molecular complexity index is 863. The zero-order valence-corrected chi connectivity index (χ0v) is 15.3. The van der Waals surface area contributed by atoms with Crippen molar-refractivity contribution in [3.8, 4) is 0 Å². The van der Waals surface area contributed by atoms with Crippen LogP contribution in [0.3, 0.4) is 0 Å². The van der Waals surface area contributed by atoms with E-state index in [0.29, 0.717) is 30.3 Å². The highest BCUT2D eigenvalue weighted by Crippen LogP contribution is 2.43. The number of sulfonamides is 1. The van der Waals surface area contributed by atoms with Crippen LogP contribution in [0.1, 0.15) is 23.6 Å². The molecule has 2 aliphatic heterocycles. The predicted octanol–water partition coefficient (Wildman–Crippen LogP) is 1.92. The first-order valence-corrected chi connectivity index (χ1v) is 10.1. The van der Waals surface area contributed by atoms with Gasteiger partial charge in [-0.3, -0.25) is 4.68 Å². The summed E-state index contributed by atoms with van der Waals surface area (Å²) in [6, 6.07) is 10.2. The van der Waals surface area contributed by atoms with Crippen LogP contribution in [0.4, 0.5) is 0 Å². The molecule has 3 heterocycles. The molecule has 0 N–H and O–H groups in total.